The largest absolute Gasteiger partial charge is 0.369 e. The number of rotatable bonds is 4. The summed E-state index contributed by atoms with van der Waals surface area (Å²) in [5.74, 6) is 1.05. The van der Waals surface area contributed by atoms with Crippen LogP contribution in [0.1, 0.15) is 29.0 Å². The summed E-state index contributed by atoms with van der Waals surface area (Å²) in [6, 6.07) is 4.29. The maximum Gasteiger partial charge on any atom is 0.132 e. The van der Waals surface area contributed by atoms with E-state index in [0.29, 0.717) is 0 Å². The molecule has 0 fully saturated rings. The van der Waals surface area contributed by atoms with Gasteiger partial charge in [-0.1, -0.05) is 6.07 Å². The molecule has 0 saturated carbocycles. The van der Waals surface area contributed by atoms with Gasteiger partial charge in [0.2, 0.25) is 0 Å². The second-order valence-electron chi connectivity index (χ2n) is 4.61. The lowest BCUT2D eigenvalue weighted by molar-refractivity contribution is 0.663. The number of nitrogens with one attached hydrogen (secondary N) is 1. The van der Waals surface area contributed by atoms with Gasteiger partial charge in [-0.25, -0.2) is 9.97 Å². The summed E-state index contributed by atoms with van der Waals surface area (Å²) in [5.41, 5.74) is 2.59. The fourth-order valence-corrected chi connectivity index (χ4v) is 3.14. The van der Waals surface area contributed by atoms with E-state index >= 15 is 0 Å². The van der Waals surface area contributed by atoms with E-state index in [2.05, 4.69) is 32.8 Å². The van der Waals surface area contributed by atoms with Gasteiger partial charge in [0, 0.05) is 22.7 Å². The van der Waals surface area contributed by atoms with Crippen LogP contribution in [0, 0.1) is 0 Å². The van der Waals surface area contributed by atoms with Gasteiger partial charge in [0.05, 0.1) is 0 Å². The monoisotopic (exact) mass is 259 g/mol. The van der Waals surface area contributed by atoms with Gasteiger partial charge < -0.3 is 5.32 Å². The number of anilines is 1. The molecule has 3 nitrogen and oxygen atoms in total. The molecule has 2 aromatic rings. The van der Waals surface area contributed by atoms with Crippen molar-refractivity contribution in [1.29, 1.82) is 0 Å². The van der Waals surface area contributed by atoms with Crippen molar-refractivity contribution in [3.63, 3.8) is 0 Å². The van der Waals surface area contributed by atoms with E-state index in [1.807, 2.05) is 11.3 Å². The molecule has 0 saturated heterocycles. The molecule has 0 spiro atoms. The van der Waals surface area contributed by atoms with Crippen molar-refractivity contribution in [3.8, 4) is 0 Å². The van der Waals surface area contributed by atoms with E-state index in [1.165, 1.54) is 29.0 Å². The molecule has 0 aromatic carbocycles. The van der Waals surface area contributed by atoms with Gasteiger partial charge in [-0.3, -0.25) is 0 Å². The topological polar surface area (TPSA) is 37.8 Å². The molecule has 0 bridgehead atoms. The molecule has 4 heteroatoms. The Bertz CT molecular complexity index is 508. The molecule has 18 heavy (non-hydrogen) atoms. The van der Waals surface area contributed by atoms with Crippen LogP contribution in [-0.4, -0.2) is 16.5 Å². The summed E-state index contributed by atoms with van der Waals surface area (Å²) in [5, 5.41) is 5.59. The number of hydrogen-bond acceptors (Lipinski definition) is 4. The first kappa shape index (κ1) is 11.7. The lowest BCUT2D eigenvalue weighted by atomic mass is 9.96. The Kier molecular flexibility index (Phi) is 3.55. The van der Waals surface area contributed by atoms with Crippen LogP contribution in [0.15, 0.2) is 23.8 Å². The van der Waals surface area contributed by atoms with Crippen molar-refractivity contribution in [2.24, 2.45) is 0 Å². The van der Waals surface area contributed by atoms with Gasteiger partial charge in [0.25, 0.3) is 0 Å². The summed E-state index contributed by atoms with van der Waals surface area (Å²) in [6.45, 7) is 0.948. The molecule has 0 unspecified atom stereocenters. The average Bonchev–Trinajstić information content (AvgIpc) is 2.92. The zero-order chi connectivity index (χ0) is 12.2. The third-order valence-electron chi connectivity index (χ3n) is 3.37. The van der Waals surface area contributed by atoms with Gasteiger partial charge in [0.15, 0.2) is 0 Å². The SMILES string of the molecule is c1csc(CCNc2ncnc3c2CCCC3)c1. The molecular formula is C14H17N3S. The first-order chi connectivity index (χ1) is 8.93. The predicted octanol–water partition coefficient (Wildman–Crippen LogP) is 3.07. The first-order valence-electron chi connectivity index (χ1n) is 6.52. The summed E-state index contributed by atoms with van der Waals surface area (Å²) < 4.78 is 0. The van der Waals surface area contributed by atoms with Crippen LogP contribution in [0.25, 0.3) is 0 Å². The van der Waals surface area contributed by atoms with E-state index in [9.17, 15) is 0 Å². The number of aryl methyl sites for hydroxylation is 1. The Labute approximate surface area is 111 Å². The number of nitrogens with zero attached hydrogens (tertiary/aromatic N) is 2. The Hall–Kier alpha value is -1.42. The van der Waals surface area contributed by atoms with Crippen molar-refractivity contribution in [3.05, 3.63) is 40.0 Å². The van der Waals surface area contributed by atoms with Crippen LogP contribution >= 0.6 is 11.3 Å². The van der Waals surface area contributed by atoms with Crippen molar-refractivity contribution < 1.29 is 0 Å². The third-order valence-corrected chi connectivity index (χ3v) is 4.31. The van der Waals surface area contributed by atoms with Crippen LogP contribution in [0.5, 0.6) is 0 Å². The maximum atomic E-state index is 4.39. The molecular weight excluding hydrogens is 242 g/mol. The summed E-state index contributed by atoms with van der Waals surface area (Å²) in [7, 11) is 0. The molecule has 0 aliphatic heterocycles. The van der Waals surface area contributed by atoms with Crippen LogP contribution in [0.4, 0.5) is 5.82 Å². The van der Waals surface area contributed by atoms with E-state index in [-0.39, 0.29) is 0 Å². The van der Waals surface area contributed by atoms with Crippen molar-refractivity contribution in [1.82, 2.24) is 9.97 Å². The maximum absolute atomic E-state index is 4.39. The van der Waals surface area contributed by atoms with Gasteiger partial charge >= 0.3 is 0 Å². The molecule has 0 amide bonds. The third kappa shape index (κ3) is 2.53. The Morgan fingerprint density at radius 2 is 2.17 bits per heavy atom. The Morgan fingerprint density at radius 1 is 1.22 bits per heavy atom. The van der Waals surface area contributed by atoms with E-state index in [1.54, 1.807) is 6.33 Å². The molecule has 1 N–H and O–H groups in total. The molecule has 0 atom stereocenters. The summed E-state index contributed by atoms with van der Waals surface area (Å²) in [6.07, 6.45) is 7.52. The van der Waals surface area contributed by atoms with Crippen LogP contribution < -0.4 is 5.32 Å². The molecule has 1 aliphatic rings. The van der Waals surface area contributed by atoms with Crippen molar-refractivity contribution in [2.45, 2.75) is 32.1 Å². The van der Waals surface area contributed by atoms with Crippen LogP contribution in [0.3, 0.4) is 0 Å². The first-order valence-corrected chi connectivity index (χ1v) is 7.40. The molecule has 1 aliphatic carbocycles. The number of aromatic nitrogens is 2. The fourth-order valence-electron chi connectivity index (χ4n) is 2.43. The minimum atomic E-state index is 0.948. The van der Waals surface area contributed by atoms with E-state index < -0.39 is 0 Å². The second-order valence-corrected chi connectivity index (χ2v) is 5.64. The zero-order valence-electron chi connectivity index (χ0n) is 10.4. The van der Waals surface area contributed by atoms with Gasteiger partial charge in [-0.2, -0.15) is 0 Å². The average molecular weight is 259 g/mol. The van der Waals surface area contributed by atoms with E-state index in [4.69, 9.17) is 0 Å². The molecule has 2 aromatic heterocycles. The standard InChI is InChI=1S/C14H17N3S/c1-2-6-13-12(5-1)14(17-10-16-13)15-8-7-11-4-3-9-18-11/h3-4,9-10H,1-2,5-8H2,(H,15,16,17). The minimum absolute atomic E-state index is 0.948. The number of fused-ring (bicyclic) bond motifs is 1. The van der Waals surface area contributed by atoms with Gasteiger partial charge in [0.1, 0.15) is 12.1 Å². The Morgan fingerprint density at radius 3 is 3.06 bits per heavy atom. The van der Waals surface area contributed by atoms with Crippen LogP contribution in [-0.2, 0) is 19.3 Å². The molecule has 94 valence electrons. The molecule has 3 rings (SSSR count). The van der Waals surface area contributed by atoms with E-state index in [0.717, 1.165) is 31.6 Å². The highest BCUT2D eigenvalue weighted by molar-refractivity contribution is 7.09. The summed E-state index contributed by atoms with van der Waals surface area (Å²) in [4.78, 5) is 10.2. The van der Waals surface area contributed by atoms with Gasteiger partial charge in [-0.15, -0.1) is 11.3 Å². The minimum Gasteiger partial charge on any atom is -0.369 e. The van der Waals surface area contributed by atoms with Crippen molar-refractivity contribution >= 4 is 17.2 Å². The lowest BCUT2D eigenvalue weighted by Gasteiger charge is -2.17. The lowest BCUT2D eigenvalue weighted by Crippen LogP contribution is -2.13. The second kappa shape index (κ2) is 5.48. The quantitative estimate of drug-likeness (QED) is 0.917. The van der Waals surface area contributed by atoms with Crippen LogP contribution in [0.2, 0.25) is 0 Å². The Balaban J connectivity index is 1.65. The molecule has 2 heterocycles. The van der Waals surface area contributed by atoms with Crippen molar-refractivity contribution in [2.75, 3.05) is 11.9 Å². The summed E-state index contributed by atoms with van der Waals surface area (Å²) >= 11 is 1.81. The fraction of sp³-hybridized carbons (Fsp3) is 0.429. The number of thiophene rings is 1. The highest BCUT2D eigenvalue weighted by Crippen LogP contribution is 2.24. The molecule has 0 radical (unpaired) electrons. The highest BCUT2D eigenvalue weighted by Gasteiger charge is 2.14. The number of hydrogen-bond donors (Lipinski definition) is 1. The highest BCUT2D eigenvalue weighted by atomic mass is 32.1. The normalized spacial score (nSPS) is 14.2. The predicted molar refractivity (Wildman–Crippen MR) is 75.2 cm³/mol. The smallest absolute Gasteiger partial charge is 0.132 e. The van der Waals surface area contributed by atoms with Gasteiger partial charge in [-0.05, 0) is 43.6 Å². The zero-order valence-corrected chi connectivity index (χ0v) is 11.2.